The molecule has 3 aromatic rings. The van der Waals surface area contributed by atoms with E-state index in [2.05, 4.69) is 25.2 Å². The van der Waals surface area contributed by atoms with Crippen LogP contribution in [0.5, 0.6) is 11.5 Å². The Morgan fingerprint density at radius 3 is 2.79 bits per heavy atom. The van der Waals surface area contributed by atoms with Crippen molar-refractivity contribution in [2.45, 2.75) is 58.2 Å². The largest absolute Gasteiger partial charge is 0.488 e. The predicted octanol–water partition coefficient (Wildman–Crippen LogP) is 3.57. The number of aromatic nitrogens is 1. The zero-order valence-electron chi connectivity index (χ0n) is 20.0. The Kier molecular flexibility index (Phi) is 7.75. The molecule has 2 aromatic carbocycles. The fraction of sp³-hybridized carbons (Fsp3) is 0.444. The molecule has 1 fully saturated rings. The lowest BCUT2D eigenvalue weighted by Crippen LogP contribution is -2.32. The van der Waals surface area contributed by atoms with E-state index in [1.807, 2.05) is 41.1 Å². The Hall–Kier alpha value is -3.03. The molecule has 1 unspecified atom stereocenters. The highest BCUT2D eigenvalue weighted by Gasteiger charge is 2.25. The summed E-state index contributed by atoms with van der Waals surface area (Å²) in [4.78, 5) is 12.2. The lowest BCUT2D eigenvalue weighted by atomic mass is 10.0. The summed E-state index contributed by atoms with van der Waals surface area (Å²) in [7, 11) is 0. The van der Waals surface area contributed by atoms with Crippen LogP contribution in [0.15, 0.2) is 42.6 Å². The third-order valence-corrected chi connectivity index (χ3v) is 6.05. The SMILES string of the molecule is Cc1ccc(OCCNC(C)Cc2cc(C(N)=O)c3c(ccn3CCCO)c2)c(OC2CC2)c1. The first-order valence-electron chi connectivity index (χ1n) is 12.1. The molecule has 7 nitrogen and oxygen atoms in total. The van der Waals surface area contributed by atoms with Crippen molar-refractivity contribution >= 4 is 16.8 Å². The molecule has 0 aliphatic heterocycles. The van der Waals surface area contributed by atoms with Crippen molar-refractivity contribution in [2.75, 3.05) is 19.8 Å². The number of rotatable bonds is 13. The van der Waals surface area contributed by atoms with E-state index in [1.165, 1.54) is 0 Å². The second-order valence-corrected chi connectivity index (χ2v) is 9.21. The van der Waals surface area contributed by atoms with Gasteiger partial charge in [0.2, 0.25) is 0 Å². The second-order valence-electron chi connectivity index (χ2n) is 9.21. The van der Waals surface area contributed by atoms with Gasteiger partial charge < -0.3 is 30.2 Å². The number of primary amides is 1. The Morgan fingerprint density at radius 1 is 1.24 bits per heavy atom. The number of fused-ring (bicyclic) bond motifs is 1. The van der Waals surface area contributed by atoms with E-state index in [1.54, 1.807) is 0 Å². The van der Waals surface area contributed by atoms with E-state index in [-0.39, 0.29) is 12.6 Å². The second kappa shape index (κ2) is 10.9. The number of carbonyl (C=O) groups excluding carboxylic acids is 1. The zero-order valence-corrected chi connectivity index (χ0v) is 20.0. The van der Waals surface area contributed by atoms with Gasteiger partial charge in [0.25, 0.3) is 5.91 Å². The third-order valence-electron chi connectivity index (χ3n) is 6.05. The molecule has 0 saturated heterocycles. The van der Waals surface area contributed by atoms with Crippen molar-refractivity contribution in [2.24, 2.45) is 5.73 Å². The van der Waals surface area contributed by atoms with Crippen LogP contribution >= 0.6 is 0 Å². The number of ether oxygens (including phenoxy) is 2. The van der Waals surface area contributed by atoms with Gasteiger partial charge in [-0.25, -0.2) is 0 Å². The summed E-state index contributed by atoms with van der Waals surface area (Å²) in [6.07, 6.45) is 5.90. The van der Waals surface area contributed by atoms with Gasteiger partial charge in [-0.05, 0) is 81.0 Å². The maximum atomic E-state index is 12.2. The van der Waals surface area contributed by atoms with Gasteiger partial charge in [0, 0.05) is 37.3 Å². The monoisotopic (exact) mass is 465 g/mol. The van der Waals surface area contributed by atoms with Gasteiger partial charge in [-0.15, -0.1) is 0 Å². The van der Waals surface area contributed by atoms with E-state index < -0.39 is 5.91 Å². The fourth-order valence-electron chi connectivity index (χ4n) is 4.23. The Morgan fingerprint density at radius 2 is 2.06 bits per heavy atom. The summed E-state index contributed by atoms with van der Waals surface area (Å²) in [6.45, 7) is 6.15. The van der Waals surface area contributed by atoms with Gasteiger partial charge in [0.1, 0.15) is 6.61 Å². The minimum Gasteiger partial charge on any atom is -0.488 e. The lowest BCUT2D eigenvalue weighted by molar-refractivity contribution is 0.100. The molecule has 0 bridgehead atoms. The number of hydrogen-bond acceptors (Lipinski definition) is 5. The van der Waals surface area contributed by atoms with E-state index in [0.29, 0.717) is 37.8 Å². The number of carbonyl (C=O) groups is 1. The quantitative estimate of drug-likeness (QED) is 0.335. The molecule has 1 atom stereocenters. The summed E-state index contributed by atoms with van der Waals surface area (Å²) >= 11 is 0. The smallest absolute Gasteiger partial charge is 0.250 e. The molecule has 1 saturated carbocycles. The van der Waals surface area contributed by atoms with Crippen LogP contribution in [0.3, 0.4) is 0 Å². The molecule has 4 rings (SSSR count). The molecular formula is C27H35N3O4. The standard InChI is InChI=1S/C27H35N3O4/c1-18-4-7-24(25(14-18)34-22-5-6-22)33-13-9-29-19(2)15-20-16-21-8-11-30(10-3-12-31)26(21)23(17-20)27(28)32/h4,7-8,11,14,16-17,19,22,29,31H,3,5-6,9-10,12-13,15H2,1-2H3,(H2,28,32). The molecule has 4 N–H and O–H groups in total. The van der Waals surface area contributed by atoms with E-state index in [0.717, 1.165) is 52.8 Å². The van der Waals surface area contributed by atoms with Crippen LogP contribution in [0, 0.1) is 6.92 Å². The maximum absolute atomic E-state index is 12.2. The van der Waals surface area contributed by atoms with Gasteiger partial charge in [0.05, 0.1) is 17.2 Å². The summed E-state index contributed by atoms with van der Waals surface area (Å²) in [5, 5.41) is 13.6. The van der Waals surface area contributed by atoms with Crippen molar-refractivity contribution in [1.82, 2.24) is 9.88 Å². The minimum atomic E-state index is -0.438. The molecule has 1 amide bonds. The molecule has 1 aliphatic carbocycles. The van der Waals surface area contributed by atoms with Crippen molar-refractivity contribution < 1.29 is 19.4 Å². The highest BCUT2D eigenvalue weighted by Crippen LogP contribution is 2.34. The van der Waals surface area contributed by atoms with Crippen LogP contribution in [-0.2, 0) is 13.0 Å². The number of aliphatic hydroxyl groups is 1. The van der Waals surface area contributed by atoms with Crippen LogP contribution in [0.4, 0.5) is 0 Å². The fourth-order valence-corrected chi connectivity index (χ4v) is 4.23. The van der Waals surface area contributed by atoms with Crippen molar-refractivity contribution in [3.63, 3.8) is 0 Å². The van der Waals surface area contributed by atoms with Gasteiger partial charge in [0.15, 0.2) is 11.5 Å². The lowest BCUT2D eigenvalue weighted by Gasteiger charge is -2.17. The van der Waals surface area contributed by atoms with Crippen LogP contribution in [-0.4, -0.2) is 47.5 Å². The van der Waals surface area contributed by atoms with Crippen molar-refractivity contribution in [3.8, 4) is 11.5 Å². The number of amides is 1. The molecule has 7 heteroatoms. The Labute approximate surface area is 200 Å². The summed E-state index contributed by atoms with van der Waals surface area (Å²) in [6, 6.07) is 12.2. The molecular weight excluding hydrogens is 430 g/mol. The number of aliphatic hydroxyl groups excluding tert-OH is 1. The molecule has 182 valence electrons. The number of hydrogen-bond donors (Lipinski definition) is 3. The van der Waals surface area contributed by atoms with Crippen LogP contribution in [0.2, 0.25) is 0 Å². The number of aryl methyl sites for hydroxylation is 2. The number of nitrogens with one attached hydrogen (secondary N) is 1. The molecule has 1 heterocycles. The van der Waals surface area contributed by atoms with Crippen LogP contribution in [0.1, 0.15) is 47.7 Å². The minimum absolute atomic E-state index is 0.106. The number of benzene rings is 2. The molecule has 1 aliphatic rings. The van der Waals surface area contributed by atoms with Crippen LogP contribution < -0.4 is 20.5 Å². The third kappa shape index (κ3) is 6.10. The predicted molar refractivity (Wildman–Crippen MR) is 134 cm³/mol. The summed E-state index contributed by atoms with van der Waals surface area (Å²) in [5.41, 5.74) is 9.27. The first-order chi connectivity index (χ1) is 16.4. The van der Waals surface area contributed by atoms with Gasteiger partial charge >= 0.3 is 0 Å². The molecule has 34 heavy (non-hydrogen) atoms. The van der Waals surface area contributed by atoms with E-state index >= 15 is 0 Å². The molecule has 0 spiro atoms. The molecule has 0 radical (unpaired) electrons. The van der Waals surface area contributed by atoms with Crippen molar-refractivity contribution in [3.05, 3.63) is 59.3 Å². The summed E-state index contributed by atoms with van der Waals surface area (Å²) in [5.74, 6) is 1.18. The van der Waals surface area contributed by atoms with Crippen molar-refractivity contribution in [1.29, 1.82) is 0 Å². The van der Waals surface area contributed by atoms with E-state index in [4.69, 9.17) is 20.3 Å². The van der Waals surface area contributed by atoms with Gasteiger partial charge in [-0.3, -0.25) is 4.79 Å². The first-order valence-corrected chi connectivity index (χ1v) is 12.1. The topological polar surface area (TPSA) is 98.7 Å². The van der Waals surface area contributed by atoms with Gasteiger partial charge in [-0.2, -0.15) is 0 Å². The highest BCUT2D eigenvalue weighted by molar-refractivity contribution is 6.05. The Balaban J connectivity index is 1.34. The molecule has 1 aromatic heterocycles. The average molecular weight is 466 g/mol. The number of nitrogens with two attached hydrogens (primary N) is 1. The Bertz CT molecular complexity index is 1140. The van der Waals surface area contributed by atoms with E-state index in [9.17, 15) is 4.79 Å². The normalized spacial score (nSPS) is 14.3. The first kappa shape index (κ1) is 24.1. The zero-order chi connectivity index (χ0) is 24.1. The highest BCUT2D eigenvalue weighted by atomic mass is 16.5. The average Bonchev–Trinajstić information content (AvgIpc) is 3.53. The summed E-state index contributed by atoms with van der Waals surface area (Å²) < 4.78 is 14.0. The maximum Gasteiger partial charge on any atom is 0.250 e. The van der Waals surface area contributed by atoms with Crippen LogP contribution in [0.25, 0.3) is 10.9 Å². The van der Waals surface area contributed by atoms with Gasteiger partial charge in [-0.1, -0.05) is 6.07 Å². The number of nitrogens with zero attached hydrogens (tertiary/aromatic N) is 1.